The lowest BCUT2D eigenvalue weighted by Gasteiger charge is -2.28. The quantitative estimate of drug-likeness (QED) is 0.582. The zero-order valence-corrected chi connectivity index (χ0v) is 12.9. The molecule has 6 heteroatoms. The van der Waals surface area contributed by atoms with E-state index in [4.69, 9.17) is 4.74 Å². The van der Waals surface area contributed by atoms with Crippen LogP contribution in [0.15, 0.2) is 40.1 Å². The van der Waals surface area contributed by atoms with Crippen LogP contribution in [0.5, 0.6) is 0 Å². The molecule has 1 heterocycles. The Bertz CT molecular complexity index is 612. The number of fused-ring (bicyclic) bond motifs is 1. The number of esters is 1. The van der Waals surface area contributed by atoms with Gasteiger partial charge in [-0.1, -0.05) is 18.2 Å². The second-order valence-electron chi connectivity index (χ2n) is 5.25. The Morgan fingerprint density at radius 2 is 2.27 bits per heavy atom. The van der Waals surface area contributed by atoms with Crippen molar-refractivity contribution in [3.63, 3.8) is 0 Å². The van der Waals surface area contributed by atoms with Gasteiger partial charge < -0.3 is 15.2 Å². The third kappa shape index (κ3) is 3.17. The zero-order chi connectivity index (χ0) is 16.3. The molecule has 2 atom stereocenters. The molecule has 0 radical (unpaired) electrons. The van der Waals surface area contributed by atoms with E-state index in [1.807, 2.05) is 25.2 Å². The second-order valence-corrected chi connectivity index (χ2v) is 5.25. The fourth-order valence-electron chi connectivity index (χ4n) is 2.42. The Hall–Kier alpha value is -2.21. The third-order valence-electron chi connectivity index (χ3n) is 3.43. The van der Waals surface area contributed by atoms with E-state index in [0.717, 1.165) is 5.57 Å². The summed E-state index contributed by atoms with van der Waals surface area (Å²) in [6.07, 6.45) is 4.98. The summed E-state index contributed by atoms with van der Waals surface area (Å²) in [6, 6.07) is 0. The molecular weight excluding hydrogens is 284 g/mol. The van der Waals surface area contributed by atoms with E-state index in [9.17, 15) is 14.7 Å². The number of nitrogens with zero attached hydrogens (tertiary/aromatic N) is 1. The van der Waals surface area contributed by atoms with E-state index in [2.05, 4.69) is 10.3 Å². The van der Waals surface area contributed by atoms with Crippen LogP contribution >= 0.6 is 0 Å². The number of aliphatic hydroxyl groups excluding tert-OH is 1. The van der Waals surface area contributed by atoms with Crippen molar-refractivity contribution in [2.24, 2.45) is 10.9 Å². The van der Waals surface area contributed by atoms with Crippen LogP contribution < -0.4 is 5.32 Å². The highest BCUT2D eigenvalue weighted by molar-refractivity contribution is 6.25. The number of aliphatic imine (C=N–C) groups is 1. The lowest BCUT2D eigenvalue weighted by molar-refractivity contribution is -0.140. The maximum Gasteiger partial charge on any atom is 0.345 e. The molecule has 2 N–H and O–H groups in total. The van der Waals surface area contributed by atoms with Gasteiger partial charge in [-0.25, -0.2) is 9.79 Å². The number of rotatable bonds is 5. The molecule has 2 aliphatic rings. The van der Waals surface area contributed by atoms with E-state index >= 15 is 0 Å². The molecular formula is C16H20N2O4. The fraction of sp³-hybridized carbons (Fsp3) is 0.438. The SMILES string of the molecule is CCOC(=O)C1=C(NCC(C)O)C2C=CC=C(C)C2=NC1=O. The molecule has 2 unspecified atom stereocenters. The number of hydrogen-bond donors (Lipinski definition) is 2. The molecule has 0 aromatic carbocycles. The topological polar surface area (TPSA) is 88.0 Å². The van der Waals surface area contributed by atoms with Crippen molar-refractivity contribution in [3.05, 3.63) is 35.1 Å². The minimum absolute atomic E-state index is 0.0874. The van der Waals surface area contributed by atoms with Gasteiger partial charge in [0.15, 0.2) is 0 Å². The van der Waals surface area contributed by atoms with Crippen molar-refractivity contribution in [1.29, 1.82) is 0 Å². The van der Waals surface area contributed by atoms with Crippen LogP contribution in [-0.2, 0) is 14.3 Å². The molecule has 0 aromatic heterocycles. The summed E-state index contributed by atoms with van der Waals surface area (Å²) in [5.41, 5.74) is 1.85. The van der Waals surface area contributed by atoms with Gasteiger partial charge in [0, 0.05) is 12.2 Å². The van der Waals surface area contributed by atoms with Crippen molar-refractivity contribution in [1.82, 2.24) is 5.32 Å². The number of amides is 1. The fourth-order valence-corrected chi connectivity index (χ4v) is 2.42. The largest absolute Gasteiger partial charge is 0.462 e. The lowest BCUT2D eigenvalue weighted by Crippen LogP contribution is -2.38. The second kappa shape index (κ2) is 6.70. The maximum atomic E-state index is 12.3. The Kier molecular flexibility index (Phi) is 4.92. The first-order valence-corrected chi connectivity index (χ1v) is 7.27. The summed E-state index contributed by atoms with van der Waals surface area (Å²) < 4.78 is 4.97. The number of carbonyl (C=O) groups excluding carboxylic acids is 2. The van der Waals surface area contributed by atoms with Crippen LogP contribution in [0.25, 0.3) is 0 Å². The minimum atomic E-state index is -0.691. The normalized spacial score (nSPS) is 21.8. The highest BCUT2D eigenvalue weighted by Gasteiger charge is 2.36. The molecule has 22 heavy (non-hydrogen) atoms. The van der Waals surface area contributed by atoms with Gasteiger partial charge in [0.1, 0.15) is 5.57 Å². The van der Waals surface area contributed by atoms with E-state index < -0.39 is 18.0 Å². The van der Waals surface area contributed by atoms with Gasteiger partial charge >= 0.3 is 5.97 Å². The van der Waals surface area contributed by atoms with Gasteiger partial charge in [0.2, 0.25) is 0 Å². The number of ether oxygens (including phenoxy) is 1. The zero-order valence-electron chi connectivity index (χ0n) is 12.9. The van der Waals surface area contributed by atoms with Gasteiger partial charge in [-0.05, 0) is 26.3 Å². The number of nitrogens with one attached hydrogen (secondary N) is 1. The molecule has 1 aliphatic carbocycles. The smallest absolute Gasteiger partial charge is 0.345 e. The Morgan fingerprint density at radius 3 is 2.91 bits per heavy atom. The van der Waals surface area contributed by atoms with Crippen LogP contribution in [0.1, 0.15) is 20.8 Å². The molecule has 0 bridgehead atoms. The predicted octanol–water partition coefficient (Wildman–Crippen LogP) is 0.888. The minimum Gasteiger partial charge on any atom is -0.462 e. The molecule has 2 rings (SSSR count). The standard InChI is InChI=1S/C16H20N2O4/c1-4-22-16(21)12-14(17-8-10(3)19)11-7-5-6-9(2)13(11)18-15(12)20/h5-7,10-11,17,19H,4,8H2,1-3H3. The summed E-state index contributed by atoms with van der Waals surface area (Å²) in [5.74, 6) is -1.61. The number of allylic oxidation sites excluding steroid dienone is 4. The molecule has 0 aromatic rings. The third-order valence-corrected chi connectivity index (χ3v) is 3.43. The van der Waals surface area contributed by atoms with Crippen molar-refractivity contribution in [3.8, 4) is 0 Å². The van der Waals surface area contributed by atoms with Crippen LogP contribution in [0, 0.1) is 5.92 Å². The molecule has 1 amide bonds. The lowest BCUT2D eigenvalue weighted by atomic mass is 9.85. The van der Waals surface area contributed by atoms with Gasteiger partial charge in [-0.15, -0.1) is 0 Å². The summed E-state index contributed by atoms with van der Waals surface area (Å²) in [7, 11) is 0. The molecule has 0 spiro atoms. The molecule has 118 valence electrons. The number of hydrogen-bond acceptors (Lipinski definition) is 5. The van der Waals surface area contributed by atoms with E-state index in [0.29, 0.717) is 11.4 Å². The van der Waals surface area contributed by atoms with E-state index in [1.165, 1.54) is 0 Å². The Balaban J connectivity index is 2.44. The van der Waals surface area contributed by atoms with Gasteiger partial charge in [0.05, 0.1) is 24.3 Å². The summed E-state index contributed by atoms with van der Waals surface area (Å²) in [6.45, 7) is 5.57. The van der Waals surface area contributed by atoms with Gasteiger partial charge in [-0.3, -0.25) is 4.79 Å². The predicted molar refractivity (Wildman–Crippen MR) is 82.2 cm³/mol. The molecule has 1 aliphatic heterocycles. The average molecular weight is 304 g/mol. The summed E-state index contributed by atoms with van der Waals surface area (Å²) in [5, 5.41) is 12.5. The summed E-state index contributed by atoms with van der Waals surface area (Å²) >= 11 is 0. The highest BCUT2D eigenvalue weighted by Crippen LogP contribution is 2.29. The van der Waals surface area contributed by atoms with Crippen LogP contribution in [0.2, 0.25) is 0 Å². The van der Waals surface area contributed by atoms with Gasteiger partial charge in [0.25, 0.3) is 5.91 Å². The average Bonchev–Trinajstić information content (AvgIpc) is 2.45. The van der Waals surface area contributed by atoms with Crippen molar-refractivity contribution in [2.45, 2.75) is 26.9 Å². The first-order valence-electron chi connectivity index (χ1n) is 7.27. The molecule has 6 nitrogen and oxygen atoms in total. The monoisotopic (exact) mass is 304 g/mol. The first-order chi connectivity index (χ1) is 10.5. The Labute approximate surface area is 129 Å². The number of carbonyl (C=O) groups is 2. The van der Waals surface area contributed by atoms with Crippen molar-refractivity contribution < 1.29 is 19.4 Å². The molecule has 0 saturated carbocycles. The van der Waals surface area contributed by atoms with Crippen molar-refractivity contribution in [2.75, 3.05) is 13.2 Å². The van der Waals surface area contributed by atoms with Crippen LogP contribution in [0.4, 0.5) is 0 Å². The maximum absolute atomic E-state index is 12.3. The summed E-state index contributed by atoms with van der Waals surface area (Å²) in [4.78, 5) is 28.4. The number of dihydropyridines is 1. The first kappa shape index (κ1) is 16.2. The van der Waals surface area contributed by atoms with Crippen LogP contribution in [0.3, 0.4) is 0 Å². The van der Waals surface area contributed by atoms with Crippen molar-refractivity contribution >= 4 is 17.6 Å². The van der Waals surface area contributed by atoms with E-state index in [1.54, 1.807) is 13.8 Å². The molecule has 0 saturated heterocycles. The highest BCUT2D eigenvalue weighted by atomic mass is 16.5. The van der Waals surface area contributed by atoms with Gasteiger partial charge in [-0.2, -0.15) is 0 Å². The molecule has 0 fully saturated rings. The number of aliphatic hydroxyl groups is 1. The Morgan fingerprint density at radius 1 is 1.55 bits per heavy atom. The van der Waals surface area contributed by atoms with E-state index in [-0.39, 0.29) is 24.6 Å². The van der Waals surface area contributed by atoms with Crippen LogP contribution in [-0.4, -0.2) is 42.0 Å².